The molecule has 1 fully saturated rings. The van der Waals surface area contributed by atoms with Gasteiger partial charge in [-0.05, 0) is 47.5 Å². The number of carbonyl (C=O) groups is 1. The number of anilines is 1. The van der Waals surface area contributed by atoms with Gasteiger partial charge in [-0.15, -0.1) is 0 Å². The largest absolute Gasteiger partial charge is 1.00 e. The minimum atomic E-state index is 0. The third-order valence-corrected chi connectivity index (χ3v) is 6.52. The van der Waals surface area contributed by atoms with E-state index < -0.39 is 0 Å². The lowest BCUT2D eigenvalue weighted by molar-refractivity contribution is -0.904. The Kier molecular flexibility index (Phi) is 7.32. The van der Waals surface area contributed by atoms with E-state index in [4.69, 9.17) is 9.47 Å². The Morgan fingerprint density at radius 2 is 1.69 bits per heavy atom. The molecule has 0 aromatic heterocycles. The molecule has 1 heterocycles. The third kappa shape index (κ3) is 4.69. The van der Waals surface area contributed by atoms with E-state index in [0.29, 0.717) is 23.5 Å². The molecule has 170 valence electrons. The van der Waals surface area contributed by atoms with Crippen molar-refractivity contribution in [3.05, 3.63) is 71.3 Å². The molecule has 0 radical (unpaired) electrons. The molecule has 5 nitrogen and oxygen atoms in total. The smallest absolute Gasteiger partial charge is 0.189 e. The van der Waals surface area contributed by atoms with Crippen LogP contribution in [0.1, 0.15) is 21.5 Å². The van der Waals surface area contributed by atoms with Crippen LogP contribution in [-0.4, -0.2) is 64.3 Å². The van der Waals surface area contributed by atoms with Crippen LogP contribution in [-0.2, 0) is 6.42 Å². The van der Waals surface area contributed by atoms with Gasteiger partial charge >= 0.3 is 0 Å². The monoisotopic (exact) mass is 454 g/mol. The van der Waals surface area contributed by atoms with Crippen molar-refractivity contribution in [2.75, 3.05) is 58.9 Å². The Morgan fingerprint density at radius 1 is 1.06 bits per heavy atom. The number of carbonyl (C=O) groups excluding carboxylic acids is 1. The van der Waals surface area contributed by atoms with Crippen molar-refractivity contribution in [2.45, 2.75) is 6.42 Å². The molecule has 0 bridgehead atoms. The quantitative estimate of drug-likeness (QED) is 0.370. The first-order valence-corrected chi connectivity index (χ1v) is 10.8. The van der Waals surface area contributed by atoms with Crippen molar-refractivity contribution in [3.8, 4) is 11.5 Å². The minimum absolute atomic E-state index is 0. The summed E-state index contributed by atoms with van der Waals surface area (Å²) in [5.74, 6) is 1.31. The van der Waals surface area contributed by atoms with Crippen LogP contribution >= 0.6 is 0 Å². The standard InChI is InChI=1S/C26H31N2O3.ClH/c1-5-12-28(2)13-10-27(11-14-28)22-8-6-19(7-9-22)15-21-16-20-17-24(30-3)25(31-4)18-23(20)26(21)29;/h5-9,15,17-18H,1,10-14,16H2,2-4H3;1H/q+1;/p-1/b21-15+;. The van der Waals surface area contributed by atoms with Crippen LogP contribution in [0.5, 0.6) is 11.5 Å². The lowest BCUT2D eigenvalue weighted by atomic mass is 10.1. The molecule has 1 aliphatic carbocycles. The van der Waals surface area contributed by atoms with Crippen LogP contribution in [0.15, 0.2) is 54.6 Å². The van der Waals surface area contributed by atoms with Gasteiger partial charge in [0.15, 0.2) is 17.3 Å². The number of piperazine rings is 1. The number of Topliss-reactive ketones (excluding diaryl/α,β-unsaturated/α-hetero) is 1. The normalized spacial score (nSPS) is 18.2. The van der Waals surface area contributed by atoms with E-state index in [0.717, 1.165) is 53.9 Å². The number of likely N-dealkylation sites (N-methyl/N-ethyl adjacent to an activating group) is 1. The zero-order valence-electron chi connectivity index (χ0n) is 19.1. The van der Waals surface area contributed by atoms with E-state index in [2.05, 4.69) is 42.8 Å². The SMILES string of the molecule is C=CC[N+]1(C)CCN(c2ccc(/C=C3\Cc4cc(OC)c(OC)cc4C3=O)cc2)CC1.[Cl-]. The Morgan fingerprint density at radius 3 is 2.28 bits per heavy atom. The number of benzene rings is 2. The first kappa shape index (κ1) is 23.9. The maximum absolute atomic E-state index is 12.9. The summed E-state index contributed by atoms with van der Waals surface area (Å²) in [6.45, 7) is 9.25. The number of ketones is 1. The molecule has 32 heavy (non-hydrogen) atoms. The molecule has 1 saturated heterocycles. The summed E-state index contributed by atoms with van der Waals surface area (Å²) in [7, 11) is 5.50. The van der Waals surface area contributed by atoms with Gasteiger partial charge in [0.05, 0.1) is 54.0 Å². The number of hydrogen-bond donors (Lipinski definition) is 0. The topological polar surface area (TPSA) is 38.8 Å². The fraction of sp³-hybridized carbons (Fsp3) is 0.346. The van der Waals surface area contributed by atoms with E-state index in [9.17, 15) is 4.79 Å². The van der Waals surface area contributed by atoms with Crippen LogP contribution in [0.4, 0.5) is 5.69 Å². The van der Waals surface area contributed by atoms with Crippen molar-refractivity contribution in [1.29, 1.82) is 0 Å². The molecule has 1 aliphatic heterocycles. The summed E-state index contributed by atoms with van der Waals surface area (Å²) in [4.78, 5) is 15.4. The van der Waals surface area contributed by atoms with Gasteiger partial charge in [0.1, 0.15) is 0 Å². The third-order valence-electron chi connectivity index (χ3n) is 6.52. The number of methoxy groups -OCH3 is 2. The Hall–Kier alpha value is -2.76. The van der Waals surface area contributed by atoms with Gasteiger partial charge in [0.2, 0.25) is 0 Å². The minimum Gasteiger partial charge on any atom is -1.00 e. The zero-order chi connectivity index (χ0) is 22.0. The average molecular weight is 455 g/mol. The van der Waals surface area contributed by atoms with Crippen molar-refractivity contribution < 1.29 is 31.2 Å². The van der Waals surface area contributed by atoms with Crippen LogP contribution in [0.2, 0.25) is 0 Å². The van der Waals surface area contributed by atoms with Crippen molar-refractivity contribution in [2.24, 2.45) is 0 Å². The highest BCUT2D eigenvalue weighted by Gasteiger charge is 2.28. The molecule has 0 atom stereocenters. The Bertz CT molecular complexity index is 1020. The molecule has 4 rings (SSSR count). The fourth-order valence-electron chi connectivity index (χ4n) is 4.54. The molecule has 2 aliphatic rings. The van der Waals surface area contributed by atoms with Crippen LogP contribution in [0.25, 0.3) is 6.08 Å². The number of hydrogen-bond acceptors (Lipinski definition) is 4. The Balaban J connectivity index is 0.00000289. The predicted octanol–water partition coefficient (Wildman–Crippen LogP) is 0.983. The summed E-state index contributed by atoms with van der Waals surface area (Å²) in [6, 6.07) is 12.2. The summed E-state index contributed by atoms with van der Waals surface area (Å²) in [5, 5.41) is 0. The van der Waals surface area contributed by atoms with Crippen LogP contribution in [0.3, 0.4) is 0 Å². The van der Waals surface area contributed by atoms with Gasteiger partial charge in [-0.2, -0.15) is 0 Å². The lowest BCUT2D eigenvalue weighted by Crippen LogP contribution is -3.00. The second-order valence-electron chi connectivity index (χ2n) is 8.66. The molecular weight excluding hydrogens is 424 g/mol. The highest BCUT2D eigenvalue weighted by molar-refractivity contribution is 6.15. The molecule has 0 unspecified atom stereocenters. The highest BCUT2D eigenvalue weighted by atomic mass is 35.5. The van der Waals surface area contributed by atoms with E-state index in [-0.39, 0.29) is 18.2 Å². The maximum Gasteiger partial charge on any atom is 0.189 e. The zero-order valence-corrected chi connectivity index (χ0v) is 19.8. The van der Waals surface area contributed by atoms with Gasteiger partial charge in [0, 0.05) is 23.2 Å². The first-order valence-electron chi connectivity index (χ1n) is 10.8. The van der Waals surface area contributed by atoms with Gasteiger partial charge in [-0.3, -0.25) is 4.79 Å². The molecule has 2 aromatic rings. The lowest BCUT2D eigenvalue weighted by Gasteiger charge is -2.42. The molecule has 0 saturated carbocycles. The predicted molar refractivity (Wildman–Crippen MR) is 125 cm³/mol. The van der Waals surface area contributed by atoms with Gasteiger partial charge in [-0.1, -0.05) is 18.7 Å². The van der Waals surface area contributed by atoms with Crippen molar-refractivity contribution in [1.82, 2.24) is 0 Å². The molecular formula is C26H31ClN2O3. The number of nitrogens with zero attached hydrogens (tertiary/aromatic N) is 2. The van der Waals surface area contributed by atoms with Gasteiger partial charge < -0.3 is 31.3 Å². The molecule has 6 heteroatoms. The molecule has 0 spiro atoms. The van der Waals surface area contributed by atoms with E-state index in [1.54, 1.807) is 20.3 Å². The van der Waals surface area contributed by atoms with Crippen molar-refractivity contribution >= 4 is 17.5 Å². The number of fused-ring (bicyclic) bond motifs is 1. The molecule has 2 aromatic carbocycles. The second-order valence-corrected chi connectivity index (χ2v) is 8.66. The highest BCUT2D eigenvalue weighted by Crippen LogP contribution is 2.37. The van der Waals surface area contributed by atoms with Gasteiger partial charge in [-0.25, -0.2) is 0 Å². The average Bonchev–Trinajstić information content (AvgIpc) is 3.08. The van der Waals surface area contributed by atoms with E-state index >= 15 is 0 Å². The Labute approximate surface area is 196 Å². The van der Waals surface area contributed by atoms with E-state index in [1.807, 2.05) is 18.2 Å². The summed E-state index contributed by atoms with van der Waals surface area (Å²) in [5.41, 5.74) is 4.77. The summed E-state index contributed by atoms with van der Waals surface area (Å²) < 4.78 is 11.8. The fourth-order valence-corrected chi connectivity index (χ4v) is 4.54. The number of quaternary nitrogens is 1. The first-order chi connectivity index (χ1) is 15.0. The summed E-state index contributed by atoms with van der Waals surface area (Å²) >= 11 is 0. The number of allylic oxidation sites excluding steroid dienone is 1. The van der Waals surface area contributed by atoms with E-state index in [1.165, 1.54) is 5.69 Å². The van der Waals surface area contributed by atoms with Crippen LogP contribution in [0, 0.1) is 0 Å². The molecule has 0 N–H and O–H groups in total. The van der Waals surface area contributed by atoms with Crippen LogP contribution < -0.4 is 26.8 Å². The summed E-state index contributed by atoms with van der Waals surface area (Å²) in [6.07, 6.45) is 4.63. The number of rotatable bonds is 6. The maximum atomic E-state index is 12.9. The number of ether oxygens (including phenoxy) is 2. The van der Waals surface area contributed by atoms with Crippen molar-refractivity contribution in [3.63, 3.8) is 0 Å². The number of halogens is 1. The second kappa shape index (κ2) is 9.80. The molecule has 0 amide bonds. The van der Waals surface area contributed by atoms with Gasteiger partial charge in [0.25, 0.3) is 0 Å².